The highest BCUT2D eigenvalue weighted by atomic mass is 35.5. The zero-order valence-electron chi connectivity index (χ0n) is 9.07. The molecule has 0 spiro atoms. The van der Waals surface area contributed by atoms with Crippen LogP contribution in [0.15, 0.2) is 12.4 Å². The third-order valence-corrected chi connectivity index (χ3v) is 3.18. The van der Waals surface area contributed by atoms with Gasteiger partial charge in [0.25, 0.3) is 0 Å². The summed E-state index contributed by atoms with van der Waals surface area (Å²) in [5.74, 6) is 0.938. The first-order valence-corrected chi connectivity index (χ1v) is 6.15. The maximum absolute atomic E-state index is 12.7. The number of hydrogen-bond acceptors (Lipinski definition) is 3. The van der Waals surface area contributed by atoms with Crippen LogP contribution in [0.4, 0.5) is 10.3 Å². The van der Waals surface area contributed by atoms with Crippen LogP contribution < -0.4 is 4.90 Å². The zero-order chi connectivity index (χ0) is 11.4. The molecule has 1 aromatic rings. The molecule has 0 radical (unpaired) electrons. The minimum absolute atomic E-state index is 0.389. The van der Waals surface area contributed by atoms with Crippen LogP contribution in [0.2, 0.25) is 0 Å². The van der Waals surface area contributed by atoms with Gasteiger partial charge in [0.15, 0.2) is 5.82 Å². The van der Waals surface area contributed by atoms with Crippen molar-refractivity contribution in [3.63, 3.8) is 0 Å². The Morgan fingerprint density at radius 1 is 1.44 bits per heavy atom. The fraction of sp³-hybridized carbons (Fsp3) is 0.636. The van der Waals surface area contributed by atoms with Crippen molar-refractivity contribution in [1.82, 2.24) is 9.97 Å². The topological polar surface area (TPSA) is 29.0 Å². The molecular weight excluding hydrogens is 229 g/mol. The number of halogens is 2. The summed E-state index contributed by atoms with van der Waals surface area (Å²) in [6.07, 6.45) is 6.80. The van der Waals surface area contributed by atoms with Gasteiger partial charge >= 0.3 is 0 Å². The van der Waals surface area contributed by atoms with Gasteiger partial charge < -0.3 is 4.90 Å². The van der Waals surface area contributed by atoms with E-state index in [1.165, 1.54) is 12.4 Å². The smallest absolute Gasteiger partial charge is 0.225 e. The lowest BCUT2D eigenvalue weighted by molar-refractivity contribution is 0.584. The highest BCUT2D eigenvalue weighted by Crippen LogP contribution is 2.25. The van der Waals surface area contributed by atoms with E-state index in [9.17, 15) is 4.39 Å². The van der Waals surface area contributed by atoms with E-state index < -0.39 is 0 Å². The lowest BCUT2D eigenvalue weighted by Crippen LogP contribution is -2.30. The van der Waals surface area contributed by atoms with Gasteiger partial charge in [0.05, 0.1) is 12.4 Å². The predicted octanol–water partition coefficient (Wildman–Crippen LogP) is 2.60. The lowest BCUT2D eigenvalue weighted by Gasteiger charge is -2.24. The average Bonchev–Trinajstić information content (AvgIpc) is 2.75. The average molecular weight is 244 g/mol. The van der Waals surface area contributed by atoms with Crippen molar-refractivity contribution in [2.45, 2.75) is 31.7 Å². The molecule has 2 heterocycles. The largest absolute Gasteiger partial charge is 0.338 e. The molecule has 0 amide bonds. The summed E-state index contributed by atoms with van der Waals surface area (Å²) in [7, 11) is 0. The minimum atomic E-state index is -0.389. The van der Waals surface area contributed by atoms with E-state index >= 15 is 0 Å². The second-order valence-electron chi connectivity index (χ2n) is 4.02. The van der Waals surface area contributed by atoms with Gasteiger partial charge in [-0.3, -0.25) is 0 Å². The number of hydrogen-bond donors (Lipinski definition) is 0. The molecule has 1 unspecified atom stereocenters. The maximum Gasteiger partial charge on any atom is 0.225 e. The standard InChI is InChI=1S/C11H15ClFN3/c12-5-1-3-10-4-2-6-16(10)11-14-7-9(13)8-15-11/h7-8,10H,1-6H2. The second-order valence-corrected chi connectivity index (χ2v) is 4.40. The highest BCUT2D eigenvalue weighted by Gasteiger charge is 2.25. The van der Waals surface area contributed by atoms with Gasteiger partial charge in [-0.1, -0.05) is 0 Å². The summed E-state index contributed by atoms with van der Waals surface area (Å²) in [6.45, 7) is 0.957. The van der Waals surface area contributed by atoms with Crippen molar-refractivity contribution >= 4 is 17.5 Å². The fourth-order valence-corrected chi connectivity index (χ4v) is 2.32. The monoisotopic (exact) mass is 243 g/mol. The predicted molar refractivity (Wildman–Crippen MR) is 62.3 cm³/mol. The summed E-state index contributed by atoms with van der Waals surface area (Å²) < 4.78 is 12.7. The van der Waals surface area contributed by atoms with Crippen LogP contribution in [0.25, 0.3) is 0 Å². The molecule has 0 N–H and O–H groups in total. The Kier molecular flexibility index (Phi) is 3.93. The molecule has 5 heteroatoms. The summed E-state index contributed by atoms with van der Waals surface area (Å²) in [4.78, 5) is 10.2. The van der Waals surface area contributed by atoms with Crippen LogP contribution in [-0.4, -0.2) is 28.4 Å². The number of rotatable bonds is 4. The SMILES string of the molecule is Fc1cnc(N2CCCC2CCCCl)nc1. The van der Waals surface area contributed by atoms with Crippen LogP contribution in [0.5, 0.6) is 0 Å². The molecular formula is C11H15ClFN3. The van der Waals surface area contributed by atoms with E-state index in [0.717, 1.165) is 32.2 Å². The van der Waals surface area contributed by atoms with Gasteiger partial charge in [0.2, 0.25) is 5.95 Å². The molecule has 3 nitrogen and oxygen atoms in total. The van der Waals surface area contributed by atoms with Crippen molar-refractivity contribution in [3.8, 4) is 0 Å². The van der Waals surface area contributed by atoms with Crippen LogP contribution in [-0.2, 0) is 0 Å². The number of alkyl halides is 1. The molecule has 1 aliphatic rings. The van der Waals surface area contributed by atoms with Gasteiger partial charge in [0.1, 0.15) is 0 Å². The van der Waals surface area contributed by atoms with Crippen LogP contribution in [0.3, 0.4) is 0 Å². The molecule has 88 valence electrons. The van der Waals surface area contributed by atoms with E-state index in [-0.39, 0.29) is 5.82 Å². The third kappa shape index (κ3) is 2.61. The van der Waals surface area contributed by atoms with Gasteiger partial charge in [-0.2, -0.15) is 0 Å². The number of nitrogens with zero attached hydrogens (tertiary/aromatic N) is 3. The van der Waals surface area contributed by atoms with Crippen molar-refractivity contribution in [3.05, 3.63) is 18.2 Å². The number of aromatic nitrogens is 2. The molecule has 2 rings (SSSR count). The van der Waals surface area contributed by atoms with Crippen LogP contribution >= 0.6 is 11.6 Å². The van der Waals surface area contributed by atoms with Gasteiger partial charge in [-0.15, -0.1) is 11.6 Å². The van der Waals surface area contributed by atoms with Crippen molar-refractivity contribution < 1.29 is 4.39 Å². The van der Waals surface area contributed by atoms with E-state index in [1.807, 2.05) is 0 Å². The van der Waals surface area contributed by atoms with Gasteiger partial charge in [-0.05, 0) is 25.7 Å². The molecule has 1 atom stereocenters. The van der Waals surface area contributed by atoms with Gasteiger partial charge in [-0.25, -0.2) is 14.4 Å². The van der Waals surface area contributed by atoms with E-state index in [1.54, 1.807) is 0 Å². The van der Waals surface area contributed by atoms with Crippen molar-refractivity contribution in [2.75, 3.05) is 17.3 Å². The molecule has 16 heavy (non-hydrogen) atoms. The van der Waals surface area contributed by atoms with E-state index in [2.05, 4.69) is 14.9 Å². The first-order chi connectivity index (χ1) is 7.81. The van der Waals surface area contributed by atoms with Crippen molar-refractivity contribution in [1.29, 1.82) is 0 Å². The Morgan fingerprint density at radius 3 is 2.88 bits per heavy atom. The summed E-state index contributed by atoms with van der Waals surface area (Å²) >= 11 is 5.70. The molecule has 0 aliphatic carbocycles. The molecule has 1 aromatic heterocycles. The fourth-order valence-electron chi connectivity index (χ4n) is 2.17. The Morgan fingerprint density at radius 2 is 2.19 bits per heavy atom. The molecule has 0 saturated carbocycles. The Bertz CT molecular complexity index is 331. The van der Waals surface area contributed by atoms with E-state index in [4.69, 9.17) is 11.6 Å². The Labute approximate surface area is 99.6 Å². The maximum atomic E-state index is 12.7. The molecule has 0 bridgehead atoms. The quantitative estimate of drug-likeness (QED) is 0.762. The normalized spacial score (nSPS) is 20.4. The highest BCUT2D eigenvalue weighted by molar-refractivity contribution is 6.17. The summed E-state index contributed by atoms with van der Waals surface area (Å²) in [6, 6.07) is 0.462. The van der Waals surface area contributed by atoms with Crippen LogP contribution in [0.1, 0.15) is 25.7 Å². The molecule has 0 aromatic carbocycles. The molecule has 1 aliphatic heterocycles. The summed E-state index contributed by atoms with van der Waals surface area (Å²) in [5, 5.41) is 0. The Balaban J connectivity index is 2.04. The van der Waals surface area contributed by atoms with Gasteiger partial charge in [0, 0.05) is 18.5 Å². The van der Waals surface area contributed by atoms with Crippen LogP contribution in [0, 0.1) is 5.82 Å². The minimum Gasteiger partial charge on any atom is -0.338 e. The Hall–Kier alpha value is -0.900. The number of anilines is 1. The molecule has 1 fully saturated rings. The zero-order valence-corrected chi connectivity index (χ0v) is 9.83. The van der Waals surface area contributed by atoms with E-state index in [0.29, 0.717) is 17.9 Å². The first kappa shape index (κ1) is 11.6. The lowest BCUT2D eigenvalue weighted by atomic mass is 10.1. The van der Waals surface area contributed by atoms with Crippen molar-refractivity contribution in [2.24, 2.45) is 0 Å². The summed E-state index contributed by atoms with van der Waals surface area (Å²) in [5.41, 5.74) is 0. The first-order valence-electron chi connectivity index (χ1n) is 5.61. The second kappa shape index (κ2) is 5.43. The third-order valence-electron chi connectivity index (χ3n) is 2.91. The molecule has 1 saturated heterocycles.